The summed E-state index contributed by atoms with van der Waals surface area (Å²) in [4.78, 5) is 11.4. The Kier molecular flexibility index (Phi) is 4.96. The molecule has 17 heavy (non-hydrogen) atoms. The molecule has 0 bridgehead atoms. The van der Waals surface area contributed by atoms with Crippen LogP contribution in [0.15, 0.2) is 35.5 Å². The summed E-state index contributed by atoms with van der Waals surface area (Å²) in [5, 5.41) is 14.2. The third kappa shape index (κ3) is 3.76. The lowest BCUT2D eigenvalue weighted by Crippen LogP contribution is -2.39. The highest BCUT2D eigenvalue weighted by molar-refractivity contribution is 5.91. The zero-order valence-corrected chi connectivity index (χ0v) is 9.46. The average molecular weight is 237 g/mol. The van der Waals surface area contributed by atoms with E-state index < -0.39 is 6.04 Å². The van der Waals surface area contributed by atoms with Gasteiger partial charge in [-0.05, 0) is 5.56 Å². The van der Waals surface area contributed by atoms with E-state index in [4.69, 9.17) is 15.7 Å². The quantitative estimate of drug-likeness (QED) is 0.296. The van der Waals surface area contributed by atoms with Crippen LogP contribution >= 0.6 is 0 Å². The van der Waals surface area contributed by atoms with E-state index in [0.717, 1.165) is 5.56 Å². The highest BCUT2D eigenvalue weighted by Crippen LogP contribution is 2.12. The second-order valence-electron chi connectivity index (χ2n) is 3.37. The van der Waals surface area contributed by atoms with Crippen LogP contribution in [0, 0.1) is 0 Å². The summed E-state index contributed by atoms with van der Waals surface area (Å²) in [7, 11) is 1.42. The summed E-state index contributed by atoms with van der Waals surface area (Å²) in [6.07, 6.45) is 0. The molecule has 0 aliphatic heterocycles. The first-order chi connectivity index (χ1) is 8.19. The van der Waals surface area contributed by atoms with Crippen LogP contribution in [0.1, 0.15) is 11.6 Å². The molecule has 6 heteroatoms. The Balaban J connectivity index is 2.86. The lowest BCUT2D eigenvalue weighted by Gasteiger charge is -2.17. The third-order valence-electron chi connectivity index (χ3n) is 2.12. The minimum Gasteiger partial charge on any atom is -0.409 e. The molecular formula is C11H15N3O3. The van der Waals surface area contributed by atoms with Crippen molar-refractivity contribution >= 4 is 11.7 Å². The zero-order valence-electron chi connectivity index (χ0n) is 9.46. The van der Waals surface area contributed by atoms with E-state index in [0.29, 0.717) is 0 Å². The second-order valence-corrected chi connectivity index (χ2v) is 3.37. The van der Waals surface area contributed by atoms with Crippen molar-refractivity contribution in [3.63, 3.8) is 0 Å². The lowest BCUT2D eigenvalue weighted by molar-refractivity contribution is -0.125. The maximum Gasteiger partial charge on any atom is 0.246 e. The van der Waals surface area contributed by atoms with Gasteiger partial charge in [0.15, 0.2) is 5.84 Å². The number of benzene rings is 1. The van der Waals surface area contributed by atoms with Gasteiger partial charge in [0.25, 0.3) is 0 Å². The number of nitrogens with one attached hydrogen (secondary N) is 1. The van der Waals surface area contributed by atoms with Crippen molar-refractivity contribution in [2.24, 2.45) is 10.9 Å². The number of amidine groups is 1. The Bertz CT molecular complexity index is 392. The Labute approximate surface area is 99.1 Å². The SMILES string of the molecule is COCC(=O)NC(C(N)=NO)c1ccccc1. The topological polar surface area (TPSA) is 96.9 Å². The number of rotatable bonds is 5. The van der Waals surface area contributed by atoms with Crippen molar-refractivity contribution in [2.75, 3.05) is 13.7 Å². The molecule has 0 saturated carbocycles. The van der Waals surface area contributed by atoms with E-state index in [2.05, 4.69) is 10.5 Å². The van der Waals surface area contributed by atoms with E-state index in [9.17, 15) is 4.79 Å². The molecule has 4 N–H and O–H groups in total. The predicted molar refractivity (Wildman–Crippen MR) is 62.6 cm³/mol. The Hall–Kier alpha value is -2.08. The van der Waals surface area contributed by atoms with E-state index in [1.54, 1.807) is 24.3 Å². The van der Waals surface area contributed by atoms with Gasteiger partial charge in [0.1, 0.15) is 12.6 Å². The molecule has 1 unspecified atom stereocenters. The number of amides is 1. The number of nitrogens with two attached hydrogens (primary N) is 1. The molecule has 0 spiro atoms. The molecule has 1 aromatic rings. The average Bonchev–Trinajstić information content (AvgIpc) is 2.36. The first-order valence-corrected chi connectivity index (χ1v) is 4.99. The molecule has 6 nitrogen and oxygen atoms in total. The molecule has 0 fully saturated rings. The van der Waals surface area contributed by atoms with Gasteiger partial charge in [-0.2, -0.15) is 0 Å². The van der Waals surface area contributed by atoms with E-state index in [-0.39, 0.29) is 18.3 Å². The molecule has 0 aliphatic carbocycles. The third-order valence-corrected chi connectivity index (χ3v) is 2.12. The number of nitrogens with zero attached hydrogens (tertiary/aromatic N) is 1. The minimum atomic E-state index is -0.663. The molecule has 92 valence electrons. The van der Waals surface area contributed by atoms with Gasteiger partial charge in [-0.1, -0.05) is 35.5 Å². The Morgan fingerprint density at radius 1 is 1.53 bits per heavy atom. The number of hydrogen-bond donors (Lipinski definition) is 3. The molecule has 0 saturated heterocycles. The van der Waals surface area contributed by atoms with Gasteiger partial charge in [0.05, 0.1) is 0 Å². The summed E-state index contributed by atoms with van der Waals surface area (Å²) in [6.45, 7) is -0.0813. The van der Waals surface area contributed by atoms with Crippen molar-refractivity contribution in [3.8, 4) is 0 Å². The summed E-state index contributed by atoms with van der Waals surface area (Å²) in [5.41, 5.74) is 6.27. The number of hydrogen-bond acceptors (Lipinski definition) is 4. The van der Waals surface area contributed by atoms with Gasteiger partial charge in [0.2, 0.25) is 5.91 Å². The fraction of sp³-hybridized carbons (Fsp3) is 0.273. The van der Waals surface area contributed by atoms with Crippen molar-refractivity contribution < 1.29 is 14.7 Å². The molecule has 1 atom stereocenters. The smallest absolute Gasteiger partial charge is 0.246 e. The number of ether oxygens (including phenoxy) is 1. The van der Waals surface area contributed by atoms with Crippen LogP contribution in [-0.2, 0) is 9.53 Å². The standard InChI is InChI=1S/C11H15N3O3/c1-17-7-9(15)13-10(11(12)14-16)8-5-3-2-4-6-8/h2-6,10,16H,7H2,1H3,(H2,12,14)(H,13,15). The fourth-order valence-electron chi connectivity index (χ4n) is 1.37. The number of methoxy groups -OCH3 is 1. The highest BCUT2D eigenvalue weighted by atomic mass is 16.5. The van der Waals surface area contributed by atoms with Crippen LogP contribution in [0.5, 0.6) is 0 Å². The Morgan fingerprint density at radius 2 is 2.18 bits per heavy atom. The van der Waals surface area contributed by atoms with Crippen molar-refractivity contribution in [3.05, 3.63) is 35.9 Å². The van der Waals surface area contributed by atoms with Crippen LogP contribution in [-0.4, -0.2) is 30.7 Å². The Morgan fingerprint density at radius 3 is 2.71 bits per heavy atom. The molecule has 0 aliphatic rings. The van der Waals surface area contributed by atoms with Gasteiger partial charge in [0, 0.05) is 7.11 Å². The maximum absolute atomic E-state index is 11.4. The number of carbonyl (C=O) groups is 1. The van der Waals surface area contributed by atoms with Gasteiger partial charge in [-0.25, -0.2) is 0 Å². The molecule has 1 aromatic carbocycles. The first-order valence-electron chi connectivity index (χ1n) is 4.99. The predicted octanol–water partition coefficient (Wildman–Crippen LogP) is 0.237. The van der Waals surface area contributed by atoms with Crippen LogP contribution in [0.25, 0.3) is 0 Å². The fourth-order valence-corrected chi connectivity index (χ4v) is 1.37. The van der Waals surface area contributed by atoms with E-state index in [1.807, 2.05) is 6.07 Å². The summed E-state index contributed by atoms with van der Waals surface area (Å²) >= 11 is 0. The molecule has 0 heterocycles. The lowest BCUT2D eigenvalue weighted by atomic mass is 10.1. The summed E-state index contributed by atoms with van der Waals surface area (Å²) < 4.78 is 4.70. The van der Waals surface area contributed by atoms with Crippen LogP contribution in [0.4, 0.5) is 0 Å². The van der Waals surface area contributed by atoms with E-state index >= 15 is 0 Å². The second kappa shape index (κ2) is 6.49. The van der Waals surface area contributed by atoms with E-state index in [1.165, 1.54) is 7.11 Å². The van der Waals surface area contributed by atoms with Gasteiger partial charge >= 0.3 is 0 Å². The largest absolute Gasteiger partial charge is 0.409 e. The molecule has 0 radical (unpaired) electrons. The van der Waals surface area contributed by atoms with Gasteiger partial charge < -0.3 is 21.0 Å². The van der Waals surface area contributed by atoms with Crippen molar-refractivity contribution in [1.29, 1.82) is 0 Å². The minimum absolute atomic E-state index is 0.0813. The molecule has 1 rings (SSSR count). The van der Waals surface area contributed by atoms with Gasteiger partial charge in [-0.3, -0.25) is 4.79 Å². The summed E-state index contributed by atoms with van der Waals surface area (Å²) in [5.74, 6) is -0.423. The van der Waals surface area contributed by atoms with Crippen molar-refractivity contribution in [1.82, 2.24) is 5.32 Å². The monoisotopic (exact) mass is 237 g/mol. The van der Waals surface area contributed by atoms with Gasteiger partial charge in [-0.15, -0.1) is 0 Å². The summed E-state index contributed by atoms with van der Waals surface area (Å²) in [6, 6.07) is 8.32. The molecule has 1 amide bonds. The highest BCUT2D eigenvalue weighted by Gasteiger charge is 2.18. The first kappa shape index (κ1) is 13.0. The molecule has 0 aromatic heterocycles. The zero-order chi connectivity index (χ0) is 12.7. The van der Waals surface area contributed by atoms with Crippen LogP contribution < -0.4 is 11.1 Å². The molecular weight excluding hydrogens is 222 g/mol. The van der Waals surface area contributed by atoms with Crippen LogP contribution in [0.2, 0.25) is 0 Å². The number of carbonyl (C=O) groups excluding carboxylic acids is 1. The maximum atomic E-state index is 11.4. The van der Waals surface area contributed by atoms with Crippen LogP contribution in [0.3, 0.4) is 0 Å². The van der Waals surface area contributed by atoms with Crippen molar-refractivity contribution in [2.45, 2.75) is 6.04 Å². The normalized spacial score (nSPS) is 13.1. The number of oxime groups is 1.